The summed E-state index contributed by atoms with van der Waals surface area (Å²) in [5.74, 6) is 1.65. The summed E-state index contributed by atoms with van der Waals surface area (Å²) in [7, 11) is 1.69. The maximum atomic E-state index is 9.18. The van der Waals surface area contributed by atoms with Crippen molar-refractivity contribution in [3.63, 3.8) is 0 Å². The third-order valence-corrected chi connectivity index (χ3v) is 3.31. The number of rotatable bonds is 7. The molecule has 0 aliphatic heterocycles. The number of aliphatic hydroxyl groups excluding tert-OH is 1. The van der Waals surface area contributed by atoms with Crippen LogP contribution in [-0.4, -0.2) is 25.4 Å². The van der Waals surface area contributed by atoms with E-state index in [4.69, 9.17) is 4.74 Å². The molecule has 0 radical (unpaired) electrons. The van der Waals surface area contributed by atoms with Gasteiger partial charge < -0.3 is 15.2 Å². The Morgan fingerprint density at radius 2 is 2.06 bits per heavy atom. The summed E-state index contributed by atoms with van der Waals surface area (Å²) in [6.07, 6.45) is 0.968. The first-order valence-electron chi connectivity index (χ1n) is 6.65. The van der Waals surface area contributed by atoms with E-state index < -0.39 is 0 Å². The summed E-state index contributed by atoms with van der Waals surface area (Å²) in [6, 6.07) is 6.25. The zero-order chi connectivity index (χ0) is 13.5. The largest absolute Gasteiger partial charge is 0.495 e. The van der Waals surface area contributed by atoms with Gasteiger partial charge in [0.05, 0.1) is 12.8 Å². The second kappa shape index (κ2) is 7.27. The molecule has 102 valence electrons. The minimum Gasteiger partial charge on any atom is -0.495 e. The lowest BCUT2D eigenvalue weighted by molar-refractivity contribution is 0.230. The SMILES string of the molecule is CCC(CO)CNc1ccc(C(C)C)cc1OC. The summed E-state index contributed by atoms with van der Waals surface area (Å²) < 4.78 is 5.41. The second-order valence-electron chi connectivity index (χ2n) is 4.95. The third-order valence-electron chi connectivity index (χ3n) is 3.31. The van der Waals surface area contributed by atoms with Gasteiger partial charge in [-0.25, -0.2) is 0 Å². The molecule has 0 heterocycles. The highest BCUT2D eigenvalue weighted by molar-refractivity contribution is 5.58. The van der Waals surface area contributed by atoms with Gasteiger partial charge in [-0.1, -0.05) is 26.8 Å². The molecule has 3 heteroatoms. The van der Waals surface area contributed by atoms with E-state index in [1.54, 1.807) is 7.11 Å². The number of nitrogens with one attached hydrogen (secondary N) is 1. The Morgan fingerprint density at radius 1 is 1.33 bits per heavy atom. The third kappa shape index (κ3) is 3.91. The van der Waals surface area contributed by atoms with Gasteiger partial charge in [-0.05, 0) is 36.0 Å². The smallest absolute Gasteiger partial charge is 0.142 e. The van der Waals surface area contributed by atoms with Crippen LogP contribution in [0.25, 0.3) is 0 Å². The fraction of sp³-hybridized carbons (Fsp3) is 0.600. The van der Waals surface area contributed by atoms with Crippen LogP contribution in [0.15, 0.2) is 18.2 Å². The number of hydrogen-bond acceptors (Lipinski definition) is 3. The number of hydrogen-bond donors (Lipinski definition) is 2. The second-order valence-corrected chi connectivity index (χ2v) is 4.95. The van der Waals surface area contributed by atoms with Gasteiger partial charge in [-0.2, -0.15) is 0 Å². The quantitative estimate of drug-likeness (QED) is 0.781. The lowest BCUT2D eigenvalue weighted by atomic mass is 10.0. The van der Waals surface area contributed by atoms with Crippen molar-refractivity contribution in [3.05, 3.63) is 23.8 Å². The van der Waals surface area contributed by atoms with E-state index in [1.165, 1.54) is 5.56 Å². The maximum Gasteiger partial charge on any atom is 0.142 e. The Kier molecular flexibility index (Phi) is 5.99. The van der Waals surface area contributed by atoms with Crippen LogP contribution >= 0.6 is 0 Å². The normalized spacial score (nSPS) is 12.6. The van der Waals surface area contributed by atoms with Gasteiger partial charge in [0.1, 0.15) is 5.75 Å². The molecule has 1 aromatic rings. The first-order chi connectivity index (χ1) is 8.62. The maximum absolute atomic E-state index is 9.18. The number of methoxy groups -OCH3 is 1. The van der Waals surface area contributed by atoms with Crippen molar-refractivity contribution in [2.45, 2.75) is 33.1 Å². The monoisotopic (exact) mass is 251 g/mol. The van der Waals surface area contributed by atoms with Crippen molar-refractivity contribution >= 4 is 5.69 Å². The molecule has 0 aliphatic carbocycles. The highest BCUT2D eigenvalue weighted by Gasteiger charge is 2.09. The standard InChI is InChI=1S/C15H25NO2/c1-5-12(10-17)9-16-14-7-6-13(11(2)3)8-15(14)18-4/h6-8,11-12,16-17H,5,9-10H2,1-4H3. The first kappa shape index (κ1) is 14.8. The summed E-state index contributed by atoms with van der Waals surface area (Å²) in [4.78, 5) is 0. The lowest BCUT2D eigenvalue weighted by Crippen LogP contribution is -2.17. The van der Waals surface area contributed by atoms with Crippen molar-refractivity contribution in [1.82, 2.24) is 0 Å². The minimum absolute atomic E-state index is 0.218. The van der Waals surface area contributed by atoms with E-state index in [0.717, 1.165) is 24.4 Å². The van der Waals surface area contributed by atoms with Crippen molar-refractivity contribution in [3.8, 4) is 5.75 Å². The van der Waals surface area contributed by atoms with Crippen LogP contribution in [0.2, 0.25) is 0 Å². The van der Waals surface area contributed by atoms with Crippen LogP contribution in [0.1, 0.15) is 38.7 Å². The molecule has 18 heavy (non-hydrogen) atoms. The van der Waals surface area contributed by atoms with Gasteiger partial charge in [0.25, 0.3) is 0 Å². The van der Waals surface area contributed by atoms with Gasteiger partial charge in [0.2, 0.25) is 0 Å². The van der Waals surface area contributed by atoms with E-state index in [9.17, 15) is 5.11 Å². The van der Waals surface area contributed by atoms with E-state index in [0.29, 0.717) is 11.8 Å². The molecule has 0 spiro atoms. The lowest BCUT2D eigenvalue weighted by Gasteiger charge is -2.17. The molecule has 3 nitrogen and oxygen atoms in total. The molecule has 0 bridgehead atoms. The number of ether oxygens (including phenoxy) is 1. The highest BCUT2D eigenvalue weighted by atomic mass is 16.5. The fourth-order valence-corrected chi connectivity index (χ4v) is 1.81. The van der Waals surface area contributed by atoms with Crippen LogP contribution < -0.4 is 10.1 Å². The molecule has 0 amide bonds. The predicted octanol–water partition coefficient (Wildman–Crippen LogP) is 3.25. The molecule has 1 atom stereocenters. The average molecular weight is 251 g/mol. The number of aliphatic hydroxyl groups is 1. The molecule has 1 aromatic carbocycles. The van der Waals surface area contributed by atoms with Crippen LogP contribution in [-0.2, 0) is 0 Å². The highest BCUT2D eigenvalue weighted by Crippen LogP contribution is 2.28. The molecule has 0 aromatic heterocycles. The Labute approximate surface area is 110 Å². The van der Waals surface area contributed by atoms with Crippen LogP contribution in [0.3, 0.4) is 0 Å². The average Bonchev–Trinajstić information content (AvgIpc) is 2.39. The first-order valence-corrected chi connectivity index (χ1v) is 6.65. The summed E-state index contributed by atoms with van der Waals surface area (Å²) in [5, 5.41) is 12.5. The van der Waals surface area contributed by atoms with Crippen LogP contribution in [0.4, 0.5) is 5.69 Å². The molecule has 1 rings (SSSR count). The van der Waals surface area contributed by atoms with Gasteiger partial charge >= 0.3 is 0 Å². The zero-order valence-corrected chi connectivity index (χ0v) is 11.9. The molecule has 2 N–H and O–H groups in total. The number of benzene rings is 1. The molecular formula is C15H25NO2. The molecule has 0 aliphatic rings. The Bertz CT molecular complexity index is 360. The molecule has 0 fully saturated rings. The van der Waals surface area contributed by atoms with Crippen molar-refractivity contribution in [2.24, 2.45) is 5.92 Å². The molecule has 0 saturated carbocycles. The Balaban J connectivity index is 2.76. The van der Waals surface area contributed by atoms with Crippen LogP contribution in [0.5, 0.6) is 5.75 Å². The van der Waals surface area contributed by atoms with Crippen LogP contribution in [0, 0.1) is 5.92 Å². The fourth-order valence-electron chi connectivity index (χ4n) is 1.81. The van der Waals surface area contributed by atoms with E-state index >= 15 is 0 Å². The Hall–Kier alpha value is -1.22. The van der Waals surface area contributed by atoms with Gasteiger partial charge in [-0.3, -0.25) is 0 Å². The summed E-state index contributed by atoms with van der Waals surface area (Å²) >= 11 is 0. The Morgan fingerprint density at radius 3 is 2.56 bits per heavy atom. The minimum atomic E-state index is 0.218. The van der Waals surface area contributed by atoms with Crippen molar-refractivity contribution in [1.29, 1.82) is 0 Å². The predicted molar refractivity (Wildman–Crippen MR) is 76.4 cm³/mol. The van der Waals surface area contributed by atoms with Crippen molar-refractivity contribution in [2.75, 3.05) is 25.6 Å². The summed E-state index contributed by atoms with van der Waals surface area (Å²) in [5.41, 5.74) is 2.26. The van der Waals surface area contributed by atoms with E-state index in [1.807, 2.05) is 0 Å². The van der Waals surface area contributed by atoms with E-state index in [2.05, 4.69) is 44.3 Å². The van der Waals surface area contributed by atoms with Gasteiger partial charge in [0, 0.05) is 13.2 Å². The molecule has 1 unspecified atom stereocenters. The van der Waals surface area contributed by atoms with Gasteiger partial charge in [0.15, 0.2) is 0 Å². The molecular weight excluding hydrogens is 226 g/mol. The topological polar surface area (TPSA) is 41.5 Å². The van der Waals surface area contributed by atoms with E-state index in [-0.39, 0.29) is 6.61 Å². The zero-order valence-electron chi connectivity index (χ0n) is 11.9. The van der Waals surface area contributed by atoms with Gasteiger partial charge in [-0.15, -0.1) is 0 Å². The summed E-state index contributed by atoms with van der Waals surface area (Å²) in [6.45, 7) is 7.41. The number of anilines is 1. The van der Waals surface area contributed by atoms with Crippen molar-refractivity contribution < 1.29 is 9.84 Å². The molecule has 0 saturated heterocycles.